The Hall–Kier alpha value is -3.64. The van der Waals surface area contributed by atoms with Gasteiger partial charge in [-0.05, 0) is 36.2 Å². The molecule has 1 saturated heterocycles. The second-order valence-corrected chi connectivity index (χ2v) is 8.29. The third-order valence-electron chi connectivity index (χ3n) is 6.11. The van der Waals surface area contributed by atoms with Crippen molar-refractivity contribution in [3.8, 4) is 11.3 Å². The molecule has 0 radical (unpaired) electrons. The number of benzene rings is 2. The van der Waals surface area contributed by atoms with E-state index >= 15 is 0 Å². The Kier molecular flexibility index (Phi) is 5.60. The predicted octanol–water partition coefficient (Wildman–Crippen LogP) is 3.81. The van der Waals surface area contributed by atoms with Crippen molar-refractivity contribution < 1.29 is 4.79 Å². The highest BCUT2D eigenvalue weighted by molar-refractivity contribution is 5.98. The van der Waals surface area contributed by atoms with E-state index in [9.17, 15) is 4.79 Å². The molecule has 4 aromatic rings. The maximum absolute atomic E-state index is 11.7. The number of anilines is 1. The molecule has 0 atom stereocenters. The Morgan fingerprint density at radius 3 is 2.50 bits per heavy atom. The van der Waals surface area contributed by atoms with Crippen molar-refractivity contribution in [2.75, 3.05) is 31.1 Å². The lowest BCUT2D eigenvalue weighted by atomic mass is 10.1. The number of rotatable bonds is 5. The molecule has 6 nitrogen and oxygen atoms in total. The lowest BCUT2D eigenvalue weighted by Gasteiger charge is -2.24. The summed E-state index contributed by atoms with van der Waals surface area (Å²) in [5, 5.41) is 0. The molecule has 32 heavy (non-hydrogen) atoms. The number of aromatic nitrogens is 2. The minimum absolute atomic E-state index is 0.431. The lowest BCUT2D eigenvalue weighted by molar-refractivity contribution is 0.100. The first kappa shape index (κ1) is 20.3. The standard InChI is InChI=1S/C26H27N5O/c27-25(32)23-8-4-14-31-19-24(28-26(23)31)21-9-11-22(12-10-21)30-15-5-13-29(16-17-30)18-20-6-2-1-3-7-20/h1-4,6-12,14,19H,5,13,15-18H2,(H2,27,32). The van der Waals surface area contributed by atoms with Crippen molar-refractivity contribution in [1.82, 2.24) is 14.3 Å². The topological polar surface area (TPSA) is 66.9 Å². The molecule has 6 heteroatoms. The number of hydrogen-bond acceptors (Lipinski definition) is 4. The number of nitrogens with zero attached hydrogens (tertiary/aromatic N) is 4. The van der Waals surface area contributed by atoms with Gasteiger partial charge in [0.1, 0.15) is 5.65 Å². The highest BCUT2D eigenvalue weighted by atomic mass is 16.1. The van der Waals surface area contributed by atoms with Crippen LogP contribution in [0.3, 0.4) is 0 Å². The molecule has 3 heterocycles. The first-order valence-corrected chi connectivity index (χ1v) is 11.1. The van der Waals surface area contributed by atoms with Crippen molar-refractivity contribution in [1.29, 1.82) is 0 Å². The fourth-order valence-electron chi connectivity index (χ4n) is 4.42. The van der Waals surface area contributed by atoms with Crippen LogP contribution >= 0.6 is 0 Å². The fourth-order valence-corrected chi connectivity index (χ4v) is 4.42. The lowest BCUT2D eigenvalue weighted by Crippen LogP contribution is -2.30. The summed E-state index contributed by atoms with van der Waals surface area (Å²) in [7, 11) is 0. The highest BCUT2D eigenvalue weighted by Crippen LogP contribution is 2.25. The van der Waals surface area contributed by atoms with Gasteiger partial charge in [-0.1, -0.05) is 42.5 Å². The van der Waals surface area contributed by atoms with Crippen LogP contribution in [0.15, 0.2) is 79.1 Å². The van der Waals surface area contributed by atoms with Gasteiger partial charge in [-0.3, -0.25) is 9.69 Å². The van der Waals surface area contributed by atoms with Gasteiger partial charge in [0.2, 0.25) is 0 Å². The number of imidazole rings is 1. The Balaban J connectivity index is 1.29. The van der Waals surface area contributed by atoms with Crippen molar-refractivity contribution >= 4 is 17.2 Å². The molecule has 0 unspecified atom stereocenters. The molecule has 2 aromatic carbocycles. The fraction of sp³-hybridized carbons (Fsp3) is 0.231. The average molecular weight is 426 g/mol. The average Bonchev–Trinajstić information content (AvgIpc) is 3.13. The zero-order valence-electron chi connectivity index (χ0n) is 18.0. The molecule has 2 N–H and O–H groups in total. The van der Waals surface area contributed by atoms with Crippen molar-refractivity contribution in [3.05, 3.63) is 90.3 Å². The molecule has 0 aliphatic carbocycles. The van der Waals surface area contributed by atoms with Gasteiger partial charge < -0.3 is 15.0 Å². The molecule has 5 rings (SSSR count). The van der Waals surface area contributed by atoms with Crippen LogP contribution in [0.1, 0.15) is 22.3 Å². The van der Waals surface area contributed by atoms with E-state index in [1.54, 1.807) is 6.07 Å². The van der Waals surface area contributed by atoms with E-state index in [0.29, 0.717) is 11.2 Å². The monoisotopic (exact) mass is 425 g/mol. The number of fused-ring (bicyclic) bond motifs is 1. The zero-order valence-corrected chi connectivity index (χ0v) is 18.0. The second-order valence-electron chi connectivity index (χ2n) is 8.29. The third kappa shape index (κ3) is 4.22. The molecule has 1 fully saturated rings. The summed E-state index contributed by atoms with van der Waals surface area (Å²) >= 11 is 0. The van der Waals surface area contributed by atoms with E-state index in [0.717, 1.165) is 50.4 Å². The minimum Gasteiger partial charge on any atom is -0.370 e. The largest absolute Gasteiger partial charge is 0.370 e. The number of primary amides is 1. The molecule has 0 saturated carbocycles. The van der Waals surface area contributed by atoms with E-state index in [-0.39, 0.29) is 0 Å². The summed E-state index contributed by atoms with van der Waals surface area (Å²) < 4.78 is 1.85. The molecule has 162 valence electrons. The van der Waals surface area contributed by atoms with Crippen LogP contribution in [0.2, 0.25) is 0 Å². The van der Waals surface area contributed by atoms with Crippen LogP contribution in [0.25, 0.3) is 16.9 Å². The van der Waals surface area contributed by atoms with Gasteiger partial charge in [-0.25, -0.2) is 4.98 Å². The van der Waals surface area contributed by atoms with Crippen LogP contribution < -0.4 is 10.6 Å². The number of carbonyl (C=O) groups excluding carboxylic acids is 1. The summed E-state index contributed by atoms with van der Waals surface area (Å²) in [5.41, 5.74) is 11.0. The van der Waals surface area contributed by atoms with Crippen molar-refractivity contribution in [2.24, 2.45) is 5.73 Å². The van der Waals surface area contributed by atoms with Crippen molar-refractivity contribution in [2.45, 2.75) is 13.0 Å². The molecular formula is C26H27N5O. The van der Waals surface area contributed by atoms with E-state index < -0.39 is 5.91 Å². The molecule has 1 amide bonds. The molecular weight excluding hydrogens is 398 g/mol. The quantitative estimate of drug-likeness (QED) is 0.528. The summed E-state index contributed by atoms with van der Waals surface area (Å²) in [6, 6.07) is 22.8. The number of amides is 1. The highest BCUT2D eigenvalue weighted by Gasteiger charge is 2.16. The number of nitrogens with two attached hydrogens (primary N) is 1. The van der Waals surface area contributed by atoms with Crippen LogP contribution in [-0.4, -0.2) is 46.4 Å². The first-order chi connectivity index (χ1) is 15.7. The molecule has 1 aliphatic rings. The Labute approximate surface area is 187 Å². The maximum atomic E-state index is 11.7. The molecule has 0 bridgehead atoms. The van der Waals surface area contributed by atoms with Crippen LogP contribution in [0.4, 0.5) is 5.69 Å². The van der Waals surface area contributed by atoms with Gasteiger partial charge in [0.25, 0.3) is 5.91 Å². The van der Waals surface area contributed by atoms with Crippen LogP contribution in [0.5, 0.6) is 0 Å². The first-order valence-electron chi connectivity index (χ1n) is 11.1. The summed E-state index contributed by atoms with van der Waals surface area (Å²) in [6.45, 7) is 5.25. The van der Waals surface area contributed by atoms with Gasteiger partial charge >= 0.3 is 0 Å². The maximum Gasteiger partial charge on any atom is 0.252 e. The number of hydrogen-bond donors (Lipinski definition) is 1. The predicted molar refractivity (Wildman–Crippen MR) is 128 cm³/mol. The van der Waals surface area contributed by atoms with Crippen molar-refractivity contribution in [3.63, 3.8) is 0 Å². The van der Waals surface area contributed by atoms with Gasteiger partial charge in [-0.15, -0.1) is 0 Å². The summed E-state index contributed by atoms with van der Waals surface area (Å²) in [6.07, 6.45) is 4.96. The summed E-state index contributed by atoms with van der Waals surface area (Å²) in [5.74, 6) is -0.467. The van der Waals surface area contributed by atoms with Gasteiger partial charge in [0.15, 0.2) is 0 Å². The van der Waals surface area contributed by atoms with Gasteiger partial charge in [0.05, 0.1) is 11.3 Å². The Morgan fingerprint density at radius 1 is 0.906 bits per heavy atom. The molecule has 0 spiro atoms. The third-order valence-corrected chi connectivity index (χ3v) is 6.11. The number of carbonyl (C=O) groups is 1. The van der Waals surface area contributed by atoms with Gasteiger partial charge in [-0.2, -0.15) is 0 Å². The Bertz CT molecular complexity index is 1220. The second kappa shape index (κ2) is 8.85. The van der Waals surface area contributed by atoms with Crippen LogP contribution in [-0.2, 0) is 6.54 Å². The molecule has 2 aromatic heterocycles. The van der Waals surface area contributed by atoms with E-state index in [4.69, 9.17) is 5.73 Å². The molecule has 1 aliphatic heterocycles. The van der Waals surface area contributed by atoms with E-state index in [1.165, 1.54) is 11.3 Å². The SMILES string of the molecule is NC(=O)c1cccn2cc(-c3ccc(N4CCCN(Cc5ccccc5)CC4)cc3)nc12. The zero-order chi connectivity index (χ0) is 21.9. The number of pyridine rings is 1. The van der Waals surface area contributed by atoms with Crippen LogP contribution in [0, 0.1) is 0 Å². The summed E-state index contributed by atoms with van der Waals surface area (Å²) in [4.78, 5) is 21.3. The Morgan fingerprint density at radius 2 is 1.72 bits per heavy atom. The van der Waals surface area contributed by atoms with Gasteiger partial charge in [0, 0.05) is 56.4 Å². The van der Waals surface area contributed by atoms with E-state index in [2.05, 4.69) is 69.4 Å². The minimum atomic E-state index is -0.467. The van der Waals surface area contributed by atoms with E-state index in [1.807, 2.05) is 22.9 Å². The normalized spacial score (nSPS) is 15.1. The smallest absolute Gasteiger partial charge is 0.252 e.